The molecule has 4 nitrogen and oxygen atoms in total. The highest BCUT2D eigenvalue weighted by Gasteiger charge is 2.30. The highest BCUT2D eigenvalue weighted by molar-refractivity contribution is 5.86. The van der Waals surface area contributed by atoms with Gasteiger partial charge in [-0.1, -0.05) is 0 Å². The summed E-state index contributed by atoms with van der Waals surface area (Å²) >= 11 is 0. The van der Waals surface area contributed by atoms with Gasteiger partial charge in [0, 0.05) is 11.6 Å². The molecule has 2 rings (SSSR count). The normalized spacial score (nSPS) is 17.4. The molecule has 0 spiro atoms. The molecule has 0 aliphatic heterocycles. The fourth-order valence-corrected chi connectivity index (χ4v) is 2.17. The van der Waals surface area contributed by atoms with E-state index in [0.29, 0.717) is 18.2 Å². The van der Waals surface area contributed by atoms with E-state index in [1.165, 1.54) is 12.8 Å². The lowest BCUT2D eigenvalue weighted by Crippen LogP contribution is -2.30. The van der Waals surface area contributed by atoms with Crippen LogP contribution in [0.15, 0.2) is 10.5 Å². The number of hydrogen-bond acceptors (Lipinski definition) is 3. The molecule has 4 heteroatoms. The van der Waals surface area contributed by atoms with Crippen LogP contribution in [-0.2, 0) is 6.54 Å². The van der Waals surface area contributed by atoms with Gasteiger partial charge in [-0.3, -0.25) is 4.90 Å². The van der Waals surface area contributed by atoms with Gasteiger partial charge < -0.3 is 9.52 Å². The van der Waals surface area contributed by atoms with Gasteiger partial charge in [-0.15, -0.1) is 0 Å². The lowest BCUT2D eigenvalue weighted by atomic mass is 10.2. The minimum atomic E-state index is -0.994. The zero-order chi connectivity index (χ0) is 12.6. The summed E-state index contributed by atoms with van der Waals surface area (Å²) in [4.78, 5) is 13.1. The third-order valence-electron chi connectivity index (χ3n) is 3.57. The Kier molecular flexibility index (Phi) is 3.24. The molecule has 1 aliphatic carbocycles. The molecule has 0 bridgehead atoms. The topological polar surface area (TPSA) is 53.7 Å². The van der Waals surface area contributed by atoms with Crippen LogP contribution in [-0.4, -0.2) is 29.1 Å². The Morgan fingerprint density at radius 1 is 1.65 bits per heavy atom. The Hall–Kier alpha value is -1.29. The number of hydrogen-bond donors (Lipinski definition) is 1. The zero-order valence-corrected chi connectivity index (χ0v) is 10.6. The van der Waals surface area contributed by atoms with Crippen molar-refractivity contribution in [2.45, 2.75) is 39.3 Å². The lowest BCUT2D eigenvalue weighted by Gasteiger charge is -2.23. The summed E-state index contributed by atoms with van der Waals surface area (Å²) in [6.07, 6.45) is 2.62. The lowest BCUT2D eigenvalue weighted by molar-refractivity contribution is 0.0657. The average Bonchev–Trinajstić information content (AvgIpc) is 3.02. The molecule has 1 aromatic rings. The number of nitrogens with zero attached hydrogens (tertiary/aromatic N) is 1. The van der Waals surface area contributed by atoms with Crippen LogP contribution < -0.4 is 0 Å². The van der Waals surface area contributed by atoms with Crippen LogP contribution in [0.2, 0.25) is 0 Å². The van der Waals surface area contributed by atoms with Gasteiger partial charge in [0.1, 0.15) is 5.76 Å². The average molecular weight is 237 g/mol. The first-order valence-electron chi connectivity index (χ1n) is 6.02. The van der Waals surface area contributed by atoms with Crippen molar-refractivity contribution in [1.82, 2.24) is 4.90 Å². The van der Waals surface area contributed by atoms with E-state index in [9.17, 15) is 4.79 Å². The van der Waals surface area contributed by atoms with Crippen molar-refractivity contribution in [2.24, 2.45) is 5.92 Å². The van der Waals surface area contributed by atoms with Crippen molar-refractivity contribution in [1.29, 1.82) is 0 Å². The van der Waals surface area contributed by atoms with Crippen LogP contribution in [0.5, 0.6) is 0 Å². The van der Waals surface area contributed by atoms with E-state index in [0.717, 1.165) is 11.7 Å². The SMILES string of the molecule is Cc1cc(CN(C)C(C)C2CC2)oc1C(=O)O. The summed E-state index contributed by atoms with van der Waals surface area (Å²) < 4.78 is 5.36. The molecule has 1 saturated carbocycles. The van der Waals surface area contributed by atoms with Crippen molar-refractivity contribution in [3.8, 4) is 0 Å². The number of rotatable bonds is 5. The molecule has 94 valence electrons. The predicted octanol–water partition coefficient (Wildman–Crippen LogP) is 2.52. The standard InChI is InChI=1S/C13H19NO3/c1-8-6-11(17-12(8)13(15)16)7-14(3)9(2)10-4-5-10/h6,9-10H,4-5,7H2,1-3H3,(H,15,16). The summed E-state index contributed by atoms with van der Waals surface area (Å²) in [5.74, 6) is 0.601. The van der Waals surface area contributed by atoms with Gasteiger partial charge in [0.15, 0.2) is 0 Å². The van der Waals surface area contributed by atoms with E-state index in [4.69, 9.17) is 9.52 Å². The predicted molar refractivity (Wildman–Crippen MR) is 64.1 cm³/mol. The van der Waals surface area contributed by atoms with Crippen molar-refractivity contribution in [3.05, 3.63) is 23.2 Å². The van der Waals surface area contributed by atoms with E-state index in [2.05, 4.69) is 18.9 Å². The van der Waals surface area contributed by atoms with Gasteiger partial charge in [0.2, 0.25) is 5.76 Å². The fraction of sp³-hybridized carbons (Fsp3) is 0.615. The molecule has 0 saturated heterocycles. The molecule has 1 heterocycles. The van der Waals surface area contributed by atoms with Crippen molar-refractivity contribution >= 4 is 5.97 Å². The summed E-state index contributed by atoms with van der Waals surface area (Å²) in [5.41, 5.74) is 0.694. The highest BCUT2D eigenvalue weighted by atomic mass is 16.4. The Morgan fingerprint density at radius 2 is 2.29 bits per heavy atom. The van der Waals surface area contributed by atoms with E-state index >= 15 is 0 Å². The molecule has 0 aromatic carbocycles. The van der Waals surface area contributed by atoms with Gasteiger partial charge in [0.25, 0.3) is 0 Å². The van der Waals surface area contributed by atoms with E-state index in [-0.39, 0.29) is 5.76 Å². The van der Waals surface area contributed by atoms with Crippen molar-refractivity contribution < 1.29 is 14.3 Å². The maximum atomic E-state index is 10.9. The van der Waals surface area contributed by atoms with Crippen LogP contribution in [0.4, 0.5) is 0 Å². The molecule has 1 atom stereocenters. The number of aromatic carboxylic acids is 1. The molecular formula is C13H19NO3. The molecule has 0 amide bonds. The van der Waals surface area contributed by atoms with Gasteiger partial charge in [0.05, 0.1) is 6.54 Å². The third-order valence-corrected chi connectivity index (χ3v) is 3.57. The smallest absolute Gasteiger partial charge is 0.372 e. The van der Waals surface area contributed by atoms with E-state index in [1.807, 2.05) is 6.07 Å². The number of carboxylic acid groups (broad SMARTS) is 1. The summed E-state index contributed by atoms with van der Waals surface area (Å²) in [5, 5.41) is 8.91. The molecular weight excluding hydrogens is 218 g/mol. The van der Waals surface area contributed by atoms with Crippen LogP contribution in [0.25, 0.3) is 0 Å². The van der Waals surface area contributed by atoms with E-state index in [1.54, 1.807) is 6.92 Å². The first-order chi connectivity index (χ1) is 7.99. The van der Waals surface area contributed by atoms with Gasteiger partial charge >= 0.3 is 5.97 Å². The number of carboxylic acids is 1. The second-order valence-electron chi connectivity index (χ2n) is 5.02. The Balaban J connectivity index is 2.02. The van der Waals surface area contributed by atoms with Crippen LogP contribution >= 0.6 is 0 Å². The molecule has 1 aliphatic rings. The first-order valence-corrected chi connectivity index (χ1v) is 6.02. The third kappa shape index (κ3) is 2.69. The van der Waals surface area contributed by atoms with Crippen LogP contribution in [0, 0.1) is 12.8 Å². The summed E-state index contributed by atoms with van der Waals surface area (Å²) in [6.45, 7) is 4.65. The largest absolute Gasteiger partial charge is 0.475 e. The zero-order valence-electron chi connectivity index (χ0n) is 10.6. The van der Waals surface area contributed by atoms with Gasteiger partial charge in [-0.05, 0) is 45.7 Å². The number of furan rings is 1. The van der Waals surface area contributed by atoms with Crippen molar-refractivity contribution in [3.63, 3.8) is 0 Å². The number of carbonyl (C=O) groups is 1. The molecule has 1 unspecified atom stereocenters. The Bertz CT molecular complexity index is 420. The second-order valence-corrected chi connectivity index (χ2v) is 5.02. The fourth-order valence-electron chi connectivity index (χ4n) is 2.17. The van der Waals surface area contributed by atoms with Crippen LogP contribution in [0.1, 0.15) is 41.6 Å². The molecule has 1 fully saturated rings. The maximum Gasteiger partial charge on any atom is 0.372 e. The van der Waals surface area contributed by atoms with E-state index < -0.39 is 5.97 Å². The summed E-state index contributed by atoms with van der Waals surface area (Å²) in [7, 11) is 2.06. The Morgan fingerprint density at radius 3 is 2.76 bits per heavy atom. The molecule has 17 heavy (non-hydrogen) atoms. The highest BCUT2D eigenvalue weighted by Crippen LogP contribution is 2.35. The minimum Gasteiger partial charge on any atom is -0.475 e. The molecule has 1 N–H and O–H groups in total. The quantitative estimate of drug-likeness (QED) is 0.855. The van der Waals surface area contributed by atoms with Crippen LogP contribution in [0.3, 0.4) is 0 Å². The maximum absolute atomic E-state index is 10.9. The first kappa shape index (κ1) is 12.2. The number of aryl methyl sites for hydroxylation is 1. The van der Waals surface area contributed by atoms with Crippen molar-refractivity contribution in [2.75, 3.05) is 7.05 Å². The minimum absolute atomic E-state index is 0.0625. The van der Waals surface area contributed by atoms with Gasteiger partial charge in [-0.2, -0.15) is 0 Å². The second kappa shape index (κ2) is 4.53. The van der Waals surface area contributed by atoms with Gasteiger partial charge in [-0.25, -0.2) is 4.79 Å². The monoisotopic (exact) mass is 237 g/mol. The molecule has 1 aromatic heterocycles. The summed E-state index contributed by atoms with van der Waals surface area (Å²) in [6, 6.07) is 2.35. The Labute approximate surface area is 101 Å². The molecule has 0 radical (unpaired) electrons.